The first kappa shape index (κ1) is 14.1. The van der Waals surface area contributed by atoms with Gasteiger partial charge >= 0.3 is 5.97 Å². The lowest BCUT2D eigenvalue weighted by Gasteiger charge is -2.28. The highest BCUT2D eigenvalue weighted by molar-refractivity contribution is 5.84. The average Bonchev–Trinajstić information content (AvgIpc) is 2.42. The van der Waals surface area contributed by atoms with E-state index >= 15 is 0 Å². The third-order valence-corrected chi connectivity index (χ3v) is 3.30. The minimum Gasteiger partial charge on any atom is -0.479 e. The van der Waals surface area contributed by atoms with Crippen LogP contribution in [0.5, 0.6) is 0 Å². The molecule has 0 heterocycles. The Kier molecular flexibility index (Phi) is 3.74. The number of hydrogen-bond acceptors (Lipinski definition) is 2. The molecule has 0 saturated carbocycles. The number of aryl methyl sites for hydroxylation is 1. The standard InChI is InChI=1S/C16H16FNO2/c1-11-3-9-14(10-4-11)18-16(2,15(19)20)12-5-7-13(17)8-6-12/h3-10,18H,1-2H3,(H,19,20). The fraction of sp³-hybridized carbons (Fsp3) is 0.188. The molecule has 1 unspecified atom stereocenters. The molecule has 0 spiro atoms. The van der Waals surface area contributed by atoms with Crippen LogP contribution in [-0.2, 0) is 10.3 Å². The quantitative estimate of drug-likeness (QED) is 0.895. The Morgan fingerprint density at radius 1 is 1.10 bits per heavy atom. The number of anilines is 1. The first-order chi connectivity index (χ1) is 9.41. The molecule has 0 aliphatic heterocycles. The van der Waals surface area contributed by atoms with Crippen molar-refractivity contribution in [3.05, 3.63) is 65.5 Å². The molecule has 0 fully saturated rings. The summed E-state index contributed by atoms with van der Waals surface area (Å²) >= 11 is 0. The maximum absolute atomic E-state index is 13.0. The molecule has 3 nitrogen and oxygen atoms in total. The molecule has 2 rings (SSSR count). The Morgan fingerprint density at radius 2 is 1.65 bits per heavy atom. The second-order valence-electron chi connectivity index (χ2n) is 4.93. The number of aliphatic carboxylic acids is 1. The minimum atomic E-state index is -1.32. The van der Waals surface area contributed by atoms with E-state index in [4.69, 9.17) is 0 Å². The van der Waals surface area contributed by atoms with E-state index in [0.717, 1.165) is 5.56 Å². The van der Waals surface area contributed by atoms with Crippen molar-refractivity contribution in [1.82, 2.24) is 0 Å². The average molecular weight is 273 g/mol. The van der Waals surface area contributed by atoms with Gasteiger partial charge in [0, 0.05) is 5.69 Å². The topological polar surface area (TPSA) is 49.3 Å². The zero-order valence-electron chi connectivity index (χ0n) is 11.4. The Labute approximate surface area is 117 Å². The Balaban J connectivity index is 2.37. The minimum absolute atomic E-state index is 0.392. The molecule has 2 aromatic carbocycles. The van der Waals surface area contributed by atoms with Crippen molar-refractivity contribution in [3.8, 4) is 0 Å². The van der Waals surface area contributed by atoms with Gasteiger partial charge in [0.05, 0.1) is 0 Å². The molecule has 1 atom stereocenters. The van der Waals surface area contributed by atoms with E-state index in [1.807, 2.05) is 31.2 Å². The zero-order chi connectivity index (χ0) is 14.8. The van der Waals surface area contributed by atoms with Crippen molar-refractivity contribution in [2.75, 3.05) is 5.32 Å². The summed E-state index contributed by atoms with van der Waals surface area (Å²) in [6, 6.07) is 12.9. The number of carboxylic acids is 1. The summed E-state index contributed by atoms with van der Waals surface area (Å²) in [4.78, 5) is 11.6. The van der Waals surface area contributed by atoms with Gasteiger partial charge in [0.15, 0.2) is 5.54 Å². The molecule has 0 aliphatic rings. The number of hydrogen-bond donors (Lipinski definition) is 2. The van der Waals surface area contributed by atoms with E-state index in [1.165, 1.54) is 24.3 Å². The summed E-state index contributed by atoms with van der Waals surface area (Å²) in [7, 11) is 0. The van der Waals surface area contributed by atoms with Crippen LogP contribution in [0, 0.1) is 12.7 Å². The lowest BCUT2D eigenvalue weighted by atomic mass is 9.91. The van der Waals surface area contributed by atoms with Gasteiger partial charge in [-0.3, -0.25) is 0 Å². The summed E-state index contributed by atoms with van der Waals surface area (Å²) in [6.07, 6.45) is 0. The fourth-order valence-corrected chi connectivity index (χ4v) is 1.96. The van der Waals surface area contributed by atoms with Crippen LogP contribution >= 0.6 is 0 Å². The van der Waals surface area contributed by atoms with E-state index in [-0.39, 0.29) is 0 Å². The number of carbonyl (C=O) groups is 1. The first-order valence-electron chi connectivity index (χ1n) is 6.26. The van der Waals surface area contributed by atoms with Gasteiger partial charge < -0.3 is 10.4 Å². The van der Waals surface area contributed by atoms with Crippen LogP contribution in [-0.4, -0.2) is 11.1 Å². The van der Waals surface area contributed by atoms with Gasteiger partial charge in [-0.05, 0) is 43.7 Å². The van der Waals surface area contributed by atoms with Gasteiger partial charge in [-0.25, -0.2) is 9.18 Å². The molecule has 104 valence electrons. The Hall–Kier alpha value is -2.36. The highest BCUT2D eigenvalue weighted by atomic mass is 19.1. The molecule has 20 heavy (non-hydrogen) atoms. The molecule has 0 aliphatic carbocycles. The van der Waals surface area contributed by atoms with Crippen LogP contribution in [0.2, 0.25) is 0 Å². The Morgan fingerprint density at radius 3 is 2.15 bits per heavy atom. The van der Waals surface area contributed by atoms with E-state index < -0.39 is 17.3 Å². The molecule has 0 aromatic heterocycles. The monoisotopic (exact) mass is 273 g/mol. The lowest BCUT2D eigenvalue weighted by molar-refractivity contribution is -0.142. The molecule has 0 radical (unpaired) electrons. The van der Waals surface area contributed by atoms with Gasteiger partial charge in [0.25, 0.3) is 0 Å². The Bertz CT molecular complexity index is 607. The van der Waals surface area contributed by atoms with Crippen molar-refractivity contribution in [2.45, 2.75) is 19.4 Å². The highest BCUT2D eigenvalue weighted by Crippen LogP contribution is 2.27. The third kappa shape index (κ3) is 2.79. The molecule has 0 bridgehead atoms. The normalized spacial score (nSPS) is 13.6. The summed E-state index contributed by atoms with van der Waals surface area (Å²) in [5, 5.41) is 12.5. The van der Waals surface area contributed by atoms with E-state index in [9.17, 15) is 14.3 Å². The van der Waals surface area contributed by atoms with Crippen molar-refractivity contribution < 1.29 is 14.3 Å². The summed E-state index contributed by atoms with van der Waals surface area (Å²) in [6.45, 7) is 3.52. The predicted molar refractivity (Wildman–Crippen MR) is 76.2 cm³/mol. The number of carboxylic acid groups (broad SMARTS) is 1. The largest absolute Gasteiger partial charge is 0.479 e. The van der Waals surface area contributed by atoms with Crippen LogP contribution in [0.4, 0.5) is 10.1 Å². The molecular formula is C16H16FNO2. The molecule has 2 N–H and O–H groups in total. The van der Waals surface area contributed by atoms with Crippen molar-refractivity contribution >= 4 is 11.7 Å². The van der Waals surface area contributed by atoms with Gasteiger partial charge in [-0.2, -0.15) is 0 Å². The van der Waals surface area contributed by atoms with E-state index in [2.05, 4.69) is 5.32 Å². The number of benzene rings is 2. The van der Waals surface area contributed by atoms with Gasteiger partial charge in [0.2, 0.25) is 0 Å². The molecule has 4 heteroatoms. The number of halogens is 1. The third-order valence-electron chi connectivity index (χ3n) is 3.30. The zero-order valence-corrected chi connectivity index (χ0v) is 11.4. The van der Waals surface area contributed by atoms with Crippen LogP contribution < -0.4 is 5.32 Å². The van der Waals surface area contributed by atoms with Crippen molar-refractivity contribution in [1.29, 1.82) is 0 Å². The first-order valence-corrected chi connectivity index (χ1v) is 6.26. The van der Waals surface area contributed by atoms with Gasteiger partial charge in [0.1, 0.15) is 5.82 Å². The van der Waals surface area contributed by atoms with E-state index in [0.29, 0.717) is 11.3 Å². The van der Waals surface area contributed by atoms with Crippen LogP contribution in [0.1, 0.15) is 18.1 Å². The summed E-state index contributed by atoms with van der Waals surface area (Å²) in [5.41, 5.74) is 0.967. The molecule has 0 amide bonds. The molecular weight excluding hydrogens is 257 g/mol. The molecule has 2 aromatic rings. The number of rotatable bonds is 4. The van der Waals surface area contributed by atoms with Gasteiger partial charge in [-0.1, -0.05) is 29.8 Å². The van der Waals surface area contributed by atoms with Crippen LogP contribution in [0.25, 0.3) is 0 Å². The smallest absolute Gasteiger partial charge is 0.333 e. The molecule has 0 saturated heterocycles. The second-order valence-corrected chi connectivity index (χ2v) is 4.93. The van der Waals surface area contributed by atoms with Gasteiger partial charge in [-0.15, -0.1) is 0 Å². The predicted octanol–water partition coefficient (Wildman–Crippen LogP) is 3.55. The van der Waals surface area contributed by atoms with Crippen LogP contribution in [0.3, 0.4) is 0 Å². The van der Waals surface area contributed by atoms with Crippen LogP contribution in [0.15, 0.2) is 48.5 Å². The second kappa shape index (κ2) is 5.33. The maximum Gasteiger partial charge on any atom is 0.333 e. The number of nitrogens with one attached hydrogen (secondary N) is 1. The van der Waals surface area contributed by atoms with E-state index in [1.54, 1.807) is 6.92 Å². The highest BCUT2D eigenvalue weighted by Gasteiger charge is 2.35. The van der Waals surface area contributed by atoms with Crippen molar-refractivity contribution in [2.24, 2.45) is 0 Å². The van der Waals surface area contributed by atoms with Crippen molar-refractivity contribution in [3.63, 3.8) is 0 Å². The maximum atomic E-state index is 13.0. The lowest BCUT2D eigenvalue weighted by Crippen LogP contribution is -2.40. The SMILES string of the molecule is Cc1ccc(NC(C)(C(=O)O)c2ccc(F)cc2)cc1. The summed E-state index contributed by atoms with van der Waals surface area (Å²) in [5.74, 6) is -1.42. The fourth-order valence-electron chi connectivity index (χ4n) is 1.96. The summed E-state index contributed by atoms with van der Waals surface area (Å²) < 4.78 is 13.0.